The number of nitrogens with zero attached hydrogens (tertiary/aromatic N) is 4. The Balaban J connectivity index is 1.13. The molecular formula is C25H28ClN5OS. The van der Waals surface area contributed by atoms with Gasteiger partial charge in [0.2, 0.25) is 0 Å². The minimum Gasteiger partial charge on any atom is -0.510 e. The van der Waals surface area contributed by atoms with E-state index < -0.39 is 0 Å². The van der Waals surface area contributed by atoms with E-state index >= 15 is 0 Å². The molecule has 0 bridgehead atoms. The maximum absolute atomic E-state index is 10.6. The number of aryl methyl sites for hydroxylation is 1. The summed E-state index contributed by atoms with van der Waals surface area (Å²) in [6.07, 6.45) is 0.957. The van der Waals surface area contributed by atoms with Gasteiger partial charge in [-0.1, -0.05) is 29.8 Å². The van der Waals surface area contributed by atoms with Gasteiger partial charge in [-0.2, -0.15) is 0 Å². The third-order valence-electron chi connectivity index (χ3n) is 6.48. The van der Waals surface area contributed by atoms with Crippen molar-refractivity contribution in [3.63, 3.8) is 0 Å². The van der Waals surface area contributed by atoms with Crippen molar-refractivity contribution in [3.8, 4) is 0 Å². The van der Waals surface area contributed by atoms with Crippen molar-refractivity contribution < 1.29 is 5.11 Å². The lowest BCUT2D eigenvalue weighted by Gasteiger charge is -2.37. The summed E-state index contributed by atoms with van der Waals surface area (Å²) in [6, 6.07) is 14.0. The fourth-order valence-corrected chi connectivity index (χ4v) is 5.85. The molecule has 0 unspecified atom stereocenters. The van der Waals surface area contributed by atoms with Gasteiger partial charge in [-0.25, -0.2) is 4.98 Å². The molecule has 1 saturated heterocycles. The topological polar surface area (TPSA) is 66.7 Å². The summed E-state index contributed by atoms with van der Waals surface area (Å²) in [5.41, 5.74) is 3.99. The lowest BCUT2D eigenvalue weighted by atomic mass is 10.1. The van der Waals surface area contributed by atoms with Crippen molar-refractivity contribution in [1.82, 2.24) is 14.8 Å². The highest BCUT2D eigenvalue weighted by Crippen LogP contribution is 2.33. The number of hydrogen-bond donors (Lipinski definition) is 2. The van der Waals surface area contributed by atoms with Crippen LogP contribution in [0.2, 0.25) is 5.02 Å². The van der Waals surface area contributed by atoms with Gasteiger partial charge in [0.15, 0.2) is 0 Å². The first kappa shape index (κ1) is 22.2. The second kappa shape index (κ2) is 9.33. The number of para-hydroxylation sites is 1. The average Bonchev–Trinajstić information content (AvgIpc) is 3.35. The van der Waals surface area contributed by atoms with Gasteiger partial charge in [-0.15, -0.1) is 11.3 Å². The van der Waals surface area contributed by atoms with Gasteiger partial charge in [-0.3, -0.25) is 10.3 Å². The summed E-state index contributed by atoms with van der Waals surface area (Å²) in [6.45, 7) is 8.29. The summed E-state index contributed by atoms with van der Waals surface area (Å²) in [5, 5.41) is 20.7. The molecule has 1 fully saturated rings. The Kier molecular flexibility index (Phi) is 6.27. The third kappa shape index (κ3) is 4.58. The van der Waals surface area contributed by atoms with Gasteiger partial charge >= 0.3 is 0 Å². The van der Waals surface area contributed by atoms with Crippen molar-refractivity contribution in [2.24, 2.45) is 0 Å². The minimum atomic E-state index is 0.254. The van der Waals surface area contributed by atoms with E-state index in [-0.39, 0.29) is 5.76 Å². The molecule has 0 amide bonds. The Hall–Kier alpha value is -2.61. The van der Waals surface area contributed by atoms with E-state index in [4.69, 9.17) is 17.0 Å². The number of aliphatic hydroxyl groups excluding tert-OH is 1. The van der Waals surface area contributed by atoms with Crippen LogP contribution in [-0.2, 0) is 0 Å². The normalized spacial score (nSPS) is 17.6. The number of piperazine rings is 1. The summed E-state index contributed by atoms with van der Waals surface area (Å²) in [4.78, 5) is 11.5. The lowest BCUT2D eigenvalue weighted by molar-refractivity contribution is 0.244. The maximum Gasteiger partial charge on any atom is 0.135 e. The molecule has 0 radical (unpaired) electrons. The predicted octanol–water partition coefficient (Wildman–Crippen LogP) is 5.03. The highest BCUT2D eigenvalue weighted by atomic mass is 35.5. The van der Waals surface area contributed by atoms with Gasteiger partial charge in [0.05, 0.1) is 22.3 Å². The van der Waals surface area contributed by atoms with E-state index in [9.17, 15) is 5.11 Å². The number of benzene rings is 2. The lowest BCUT2D eigenvalue weighted by Crippen LogP contribution is -2.47. The van der Waals surface area contributed by atoms with Gasteiger partial charge in [-0.05, 0) is 49.7 Å². The fraction of sp³-hybridized carbons (Fsp3) is 0.360. The Bertz CT molecular complexity index is 1180. The quantitative estimate of drug-likeness (QED) is 0.516. The summed E-state index contributed by atoms with van der Waals surface area (Å²) in [5.74, 6) is 0.636. The Labute approximate surface area is 203 Å². The van der Waals surface area contributed by atoms with E-state index in [0.717, 1.165) is 65.9 Å². The molecule has 5 rings (SSSR count). The molecular weight excluding hydrogens is 454 g/mol. The molecule has 1 aromatic heterocycles. The Morgan fingerprint density at radius 3 is 2.67 bits per heavy atom. The van der Waals surface area contributed by atoms with E-state index in [1.165, 1.54) is 22.6 Å². The number of aromatic nitrogens is 1. The molecule has 3 heterocycles. The molecule has 2 aromatic carbocycles. The van der Waals surface area contributed by atoms with Crippen molar-refractivity contribution in [1.29, 1.82) is 5.41 Å². The molecule has 3 aromatic rings. The highest BCUT2D eigenvalue weighted by Gasteiger charge is 2.30. The number of fused-ring (bicyclic) bond motifs is 1. The van der Waals surface area contributed by atoms with Crippen LogP contribution in [-0.4, -0.2) is 71.5 Å². The molecule has 0 saturated carbocycles. The first-order valence-corrected chi connectivity index (χ1v) is 12.5. The molecule has 0 aliphatic carbocycles. The standard InChI is InChI=1S/C25H28ClN5OS/c1-17-7-8-18(26)15-20(17)30-13-11-29(12-14-30)9-4-10-31-16-21(32)23(24(31)27)25-28-19-5-2-3-6-22(19)33-25/h2-3,5-8,15,27,32H,4,9-14,16H2,1H3. The number of nitrogens with one attached hydrogen (secondary N) is 1. The van der Waals surface area contributed by atoms with Gasteiger partial charge < -0.3 is 14.9 Å². The SMILES string of the molecule is Cc1ccc(Cl)cc1N1CCN(CCCN2CC(O)=C(c3nc4ccccc4s3)C2=N)CC1. The van der Waals surface area contributed by atoms with Crippen LogP contribution in [0.5, 0.6) is 0 Å². The van der Waals surface area contributed by atoms with Crippen LogP contribution in [0.4, 0.5) is 5.69 Å². The zero-order valence-corrected chi connectivity index (χ0v) is 20.3. The van der Waals surface area contributed by atoms with Crippen molar-refractivity contribution in [3.05, 3.63) is 63.8 Å². The Morgan fingerprint density at radius 2 is 1.88 bits per heavy atom. The zero-order valence-electron chi connectivity index (χ0n) is 18.7. The molecule has 0 atom stereocenters. The second-order valence-corrected chi connectivity index (χ2v) is 10.2. The Morgan fingerprint density at radius 1 is 1.09 bits per heavy atom. The highest BCUT2D eigenvalue weighted by molar-refractivity contribution is 7.19. The number of anilines is 1. The maximum atomic E-state index is 10.6. The number of rotatable bonds is 6. The zero-order chi connectivity index (χ0) is 22.9. The van der Waals surface area contributed by atoms with E-state index in [2.05, 4.69) is 33.8 Å². The molecule has 172 valence electrons. The van der Waals surface area contributed by atoms with Crippen LogP contribution in [0, 0.1) is 12.3 Å². The van der Waals surface area contributed by atoms with Crippen LogP contribution in [0.1, 0.15) is 17.0 Å². The predicted molar refractivity (Wildman–Crippen MR) is 138 cm³/mol. The summed E-state index contributed by atoms with van der Waals surface area (Å²) in [7, 11) is 0. The van der Waals surface area contributed by atoms with Crippen LogP contribution in [0.25, 0.3) is 15.8 Å². The molecule has 2 aliphatic heterocycles. The average molecular weight is 482 g/mol. The van der Waals surface area contributed by atoms with Crippen molar-refractivity contribution >= 4 is 50.3 Å². The smallest absolute Gasteiger partial charge is 0.135 e. The fourth-order valence-electron chi connectivity index (χ4n) is 4.65. The molecule has 2 aliphatic rings. The first-order chi connectivity index (χ1) is 16.0. The summed E-state index contributed by atoms with van der Waals surface area (Å²) < 4.78 is 1.08. The number of aliphatic hydroxyl groups is 1. The first-order valence-electron chi connectivity index (χ1n) is 11.3. The van der Waals surface area contributed by atoms with Crippen LogP contribution in [0.3, 0.4) is 0 Å². The van der Waals surface area contributed by atoms with Gasteiger partial charge in [0, 0.05) is 43.4 Å². The largest absolute Gasteiger partial charge is 0.510 e. The second-order valence-electron chi connectivity index (χ2n) is 8.69. The molecule has 0 spiro atoms. The number of amidine groups is 1. The molecule has 8 heteroatoms. The summed E-state index contributed by atoms with van der Waals surface area (Å²) >= 11 is 7.74. The van der Waals surface area contributed by atoms with Crippen molar-refractivity contribution in [2.45, 2.75) is 13.3 Å². The van der Waals surface area contributed by atoms with Crippen LogP contribution < -0.4 is 4.90 Å². The van der Waals surface area contributed by atoms with E-state index in [0.29, 0.717) is 18.0 Å². The third-order valence-corrected chi connectivity index (χ3v) is 7.77. The van der Waals surface area contributed by atoms with E-state index in [1.54, 1.807) is 0 Å². The number of thiazole rings is 1. The molecule has 6 nitrogen and oxygen atoms in total. The van der Waals surface area contributed by atoms with E-state index in [1.807, 2.05) is 35.2 Å². The minimum absolute atomic E-state index is 0.254. The number of hydrogen-bond acceptors (Lipinski definition) is 6. The van der Waals surface area contributed by atoms with Crippen LogP contribution >= 0.6 is 22.9 Å². The van der Waals surface area contributed by atoms with Gasteiger partial charge in [0.25, 0.3) is 0 Å². The number of halogens is 1. The molecule has 33 heavy (non-hydrogen) atoms. The monoisotopic (exact) mass is 481 g/mol. The van der Waals surface area contributed by atoms with Crippen molar-refractivity contribution in [2.75, 3.05) is 50.7 Å². The van der Waals surface area contributed by atoms with Crippen LogP contribution in [0.15, 0.2) is 48.2 Å². The van der Waals surface area contributed by atoms with Gasteiger partial charge in [0.1, 0.15) is 16.6 Å². The molecule has 2 N–H and O–H groups in total.